The molecule has 1 aliphatic carbocycles. The second-order valence-corrected chi connectivity index (χ2v) is 8.44. The zero-order valence-electron chi connectivity index (χ0n) is 16.4. The van der Waals surface area contributed by atoms with Crippen molar-refractivity contribution in [2.45, 2.75) is 38.8 Å². The van der Waals surface area contributed by atoms with Gasteiger partial charge in [0.2, 0.25) is 5.43 Å². The number of carboxylic acids is 1. The van der Waals surface area contributed by atoms with Crippen molar-refractivity contribution in [1.29, 1.82) is 0 Å². The van der Waals surface area contributed by atoms with Crippen LogP contribution in [0.5, 0.6) is 5.75 Å². The van der Waals surface area contributed by atoms with Crippen molar-refractivity contribution < 1.29 is 19.0 Å². The van der Waals surface area contributed by atoms with E-state index in [9.17, 15) is 19.6 Å². The number of benzene rings is 1. The summed E-state index contributed by atoms with van der Waals surface area (Å²) in [4.78, 5) is 37.2. The van der Waals surface area contributed by atoms with Gasteiger partial charge in [-0.1, -0.05) is 19.0 Å². The fraction of sp³-hybridized carbons (Fsp3) is 0.500. The van der Waals surface area contributed by atoms with Crippen LogP contribution in [-0.2, 0) is 0 Å². The molecule has 2 heterocycles. The Morgan fingerprint density at radius 2 is 2.07 bits per heavy atom. The summed E-state index contributed by atoms with van der Waals surface area (Å²) in [6, 6.07) is 0.598. The summed E-state index contributed by atoms with van der Waals surface area (Å²) in [7, 11) is 1.39. The lowest BCUT2D eigenvalue weighted by Crippen LogP contribution is -2.26. The Morgan fingerprint density at radius 1 is 1.38 bits per heavy atom. The van der Waals surface area contributed by atoms with Crippen molar-refractivity contribution in [1.82, 2.24) is 4.57 Å². The van der Waals surface area contributed by atoms with Gasteiger partial charge in [-0.25, -0.2) is 9.18 Å². The number of ether oxygens (including phenoxy) is 1. The van der Waals surface area contributed by atoms with Crippen LogP contribution in [0.15, 0.2) is 22.2 Å². The van der Waals surface area contributed by atoms with Crippen LogP contribution in [0.25, 0.3) is 10.9 Å². The van der Waals surface area contributed by atoms with E-state index >= 15 is 4.39 Å². The van der Waals surface area contributed by atoms with Gasteiger partial charge < -0.3 is 19.3 Å². The fourth-order valence-corrected chi connectivity index (χ4v) is 4.19. The van der Waals surface area contributed by atoms with Gasteiger partial charge in [0.1, 0.15) is 17.3 Å². The van der Waals surface area contributed by atoms with Gasteiger partial charge in [-0.3, -0.25) is 4.79 Å². The molecule has 1 aromatic heterocycles. The maximum atomic E-state index is 15.2. The number of carboxylic acid groups (broad SMARTS) is 1. The molecule has 1 unspecified atom stereocenters. The van der Waals surface area contributed by atoms with E-state index in [1.807, 2.05) is 13.8 Å². The molecule has 29 heavy (non-hydrogen) atoms. The minimum atomic E-state index is -1.35. The number of hydrogen-bond acceptors (Lipinski definition) is 6. The van der Waals surface area contributed by atoms with E-state index in [0.717, 1.165) is 18.9 Å². The molecule has 1 saturated heterocycles. The van der Waals surface area contributed by atoms with E-state index in [-0.39, 0.29) is 29.4 Å². The van der Waals surface area contributed by atoms with Crippen LogP contribution < -0.4 is 15.1 Å². The van der Waals surface area contributed by atoms with Gasteiger partial charge >= 0.3 is 5.97 Å². The lowest BCUT2D eigenvalue weighted by atomic mass is 9.88. The van der Waals surface area contributed by atoms with E-state index in [2.05, 4.69) is 5.18 Å². The third kappa shape index (κ3) is 2.95. The molecule has 9 heteroatoms. The highest BCUT2D eigenvalue weighted by Gasteiger charge is 2.43. The normalized spacial score (nSPS) is 20.8. The largest absolute Gasteiger partial charge is 0.492 e. The Morgan fingerprint density at radius 3 is 2.59 bits per heavy atom. The highest BCUT2D eigenvalue weighted by molar-refractivity contribution is 5.97. The van der Waals surface area contributed by atoms with Gasteiger partial charge in [0.05, 0.1) is 18.0 Å². The fourth-order valence-electron chi connectivity index (χ4n) is 4.19. The number of anilines is 1. The number of carbonyl (C=O) groups is 1. The SMILES string of the molecule is COc1c(N2CC(N=O)C(C)(C)C2)c(F)cc2c(=O)c(C(=O)O)cn(C3CC3)c12. The number of aromatic nitrogens is 1. The number of hydrogen-bond donors (Lipinski definition) is 1. The lowest BCUT2D eigenvalue weighted by Gasteiger charge is -2.25. The van der Waals surface area contributed by atoms with Gasteiger partial charge in [0.15, 0.2) is 11.6 Å². The van der Waals surface area contributed by atoms with Crippen LogP contribution in [-0.4, -0.2) is 41.9 Å². The molecule has 2 aromatic rings. The van der Waals surface area contributed by atoms with E-state index in [1.54, 1.807) is 9.47 Å². The molecular weight excluding hydrogens is 381 g/mol. The van der Waals surface area contributed by atoms with Gasteiger partial charge in [-0.05, 0) is 18.9 Å². The Labute approximate surface area is 165 Å². The number of rotatable bonds is 5. The Kier molecular flexibility index (Phi) is 4.36. The van der Waals surface area contributed by atoms with Gasteiger partial charge in [-0.15, -0.1) is 0 Å². The lowest BCUT2D eigenvalue weighted by molar-refractivity contribution is 0.0695. The van der Waals surface area contributed by atoms with E-state index in [0.29, 0.717) is 12.1 Å². The average molecular weight is 403 g/mol. The highest BCUT2D eigenvalue weighted by atomic mass is 19.1. The summed E-state index contributed by atoms with van der Waals surface area (Å²) in [6.45, 7) is 4.41. The first-order chi connectivity index (χ1) is 13.7. The first-order valence-electron chi connectivity index (χ1n) is 9.45. The molecule has 1 aromatic carbocycles. The molecule has 2 aliphatic rings. The van der Waals surface area contributed by atoms with Crippen molar-refractivity contribution >= 4 is 22.6 Å². The van der Waals surface area contributed by atoms with E-state index < -0.39 is 34.2 Å². The molecule has 2 fully saturated rings. The molecule has 1 N–H and O–H groups in total. The third-order valence-corrected chi connectivity index (χ3v) is 5.91. The standard InChI is InChI=1S/C20H22FN3O5/c1-20(2)9-23(8-14(20)22-28)16-13(21)6-11-15(18(16)29-3)24(10-4-5-10)7-12(17(11)25)19(26)27/h6-7,10,14H,4-5,8-9H2,1-3H3,(H,26,27). The predicted octanol–water partition coefficient (Wildman–Crippen LogP) is 3.16. The van der Waals surface area contributed by atoms with Gasteiger partial charge in [-0.2, -0.15) is 4.91 Å². The minimum Gasteiger partial charge on any atom is -0.492 e. The number of fused-ring (bicyclic) bond motifs is 1. The summed E-state index contributed by atoms with van der Waals surface area (Å²) in [5.74, 6) is -1.88. The summed E-state index contributed by atoms with van der Waals surface area (Å²) in [6.07, 6.45) is 2.99. The monoisotopic (exact) mass is 403 g/mol. The topological polar surface area (TPSA) is 101 Å². The summed E-state index contributed by atoms with van der Waals surface area (Å²) in [5.41, 5.74) is -1.05. The Hall–Kier alpha value is -2.97. The minimum absolute atomic E-state index is 0.0292. The summed E-state index contributed by atoms with van der Waals surface area (Å²) < 4.78 is 22.5. The Bertz CT molecular complexity index is 1090. The number of methoxy groups -OCH3 is 1. The summed E-state index contributed by atoms with van der Waals surface area (Å²) in [5, 5.41) is 12.6. The average Bonchev–Trinajstić information content (AvgIpc) is 3.44. The van der Waals surface area contributed by atoms with E-state index in [1.165, 1.54) is 13.3 Å². The number of aromatic carboxylic acids is 1. The second-order valence-electron chi connectivity index (χ2n) is 8.44. The van der Waals surface area contributed by atoms with Gasteiger partial charge in [0.25, 0.3) is 0 Å². The molecule has 154 valence electrons. The molecule has 4 rings (SSSR count). The maximum absolute atomic E-state index is 15.2. The van der Waals surface area contributed by atoms with Crippen molar-refractivity contribution in [2.75, 3.05) is 25.1 Å². The smallest absolute Gasteiger partial charge is 0.341 e. The number of halogens is 1. The second kappa shape index (κ2) is 6.53. The molecular formula is C20H22FN3O5. The molecule has 0 radical (unpaired) electrons. The molecule has 8 nitrogen and oxygen atoms in total. The van der Waals surface area contributed by atoms with Crippen LogP contribution in [0.1, 0.15) is 43.1 Å². The molecule has 0 spiro atoms. The molecule has 1 atom stereocenters. The van der Waals surface area contributed by atoms with Crippen molar-refractivity contribution in [2.24, 2.45) is 10.6 Å². The van der Waals surface area contributed by atoms with Crippen LogP contribution in [0.2, 0.25) is 0 Å². The van der Waals surface area contributed by atoms with Crippen LogP contribution in [0, 0.1) is 16.1 Å². The highest BCUT2D eigenvalue weighted by Crippen LogP contribution is 2.46. The van der Waals surface area contributed by atoms with Crippen molar-refractivity contribution in [3.63, 3.8) is 0 Å². The van der Waals surface area contributed by atoms with Gasteiger partial charge in [0, 0.05) is 30.7 Å². The first-order valence-corrected chi connectivity index (χ1v) is 9.45. The number of nitroso groups, excluding NO2 is 1. The zero-order chi connectivity index (χ0) is 21.1. The predicted molar refractivity (Wildman–Crippen MR) is 106 cm³/mol. The molecule has 1 aliphatic heterocycles. The zero-order valence-corrected chi connectivity index (χ0v) is 16.4. The number of nitrogens with zero attached hydrogens (tertiary/aromatic N) is 3. The van der Waals surface area contributed by atoms with Crippen LogP contribution >= 0.6 is 0 Å². The van der Waals surface area contributed by atoms with Crippen LogP contribution in [0.4, 0.5) is 10.1 Å². The summed E-state index contributed by atoms with van der Waals surface area (Å²) >= 11 is 0. The number of pyridine rings is 1. The third-order valence-electron chi connectivity index (χ3n) is 5.91. The van der Waals surface area contributed by atoms with Crippen molar-refractivity contribution in [3.8, 4) is 5.75 Å². The maximum Gasteiger partial charge on any atom is 0.341 e. The van der Waals surface area contributed by atoms with E-state index in [4.69, 9.17) is 4.74 Å². The first kappa shape index (κ1) is 19.4. The Balaban J connectivity index is 2.01. The molecule has 1 saturated carbocycles. The van der Waals surface area contributed by atoms with Crippen LogP contribution in [0.3, 0.4) is 0 Å². The molecule has 0 amide bonds. The molecule has 0 bridgehead atoms. The van der Waals surface area contributed by atoms with Crippen molar-refractivity contribution in [3.05, 3.63) is 38.8 Å². The quantitative estimate of drug-likeness (QED) is 0.770.